The van der Waals surface area contributed by atoms with Gasteiger partial charge in [-0.25, -0.2) is 5.48 Å². The van der Waals surface area contributed by atoms with Crippen LogP contribution in [0.25, 0.3) is 10.9 Å². The highest BCUT2D eigenvalue weighted by Crippen LogP contribution is 2.38. The molecule has 1 saturated heterocycles. The van der Waals surface area contributed by atoms with Gasteiger partial charge in [-0.05, 0) is 99.8 Å². The van der Waals surface area contributed by atoms with Crippen molar-refractivity contribution < 1.29 is 14.7 Å². The molecule has 0 atom stereocenters. The Balaban J connectivity index is 1.32. The molecule has 0 radical (unpaired) electrons. The van der Waals surface area contributed by atoms with Crippen LogP contribution in [0, 0.1) is 5.41 Å². The monoisotopic (exact) mass is 561 g/mol. The second-order valence-electron chi connectivity index (χ2n) is 9.52. The molecule has 9 heteroatoms. The van der Waals surface area contributed by atoms with Gasteiger partial charge < -0.3 is 9.64 Å². The summed E-state index contributed by atoms with van der Waals surface area (Å²) < 4.78 is 5.39. The summed E-state index contributed by atoms with van der Waals surface area (Å²) in [7, 11) is 1.64. The number of rotatable bonds is 11. The Labute approximate surface area is 232 Å². The summed E-state index contributed by atoms with van der Waals surface area (Å²) in [5.74, 6) is 1.47. The first-order valence-electron chi connectivity index (χ1n) is 12.6. The Hall–Kier alpha value is -2.03. The van der Waals surface area contributed by atoms with E-state index in [1.54, 1.807) is 25.1 Å². The van der Waals surface area contributed by atoms with E-state index < -0.39 is 5.41 Å². The van der Waals surface area contributed by atoms with Crippen LogP contribution in [0.3, 0.4) is 0 Å². The van der Waals surface area contributed by atoms with Crippen molar-refractivity contribution in [2.24, 2.45) is 5.41 Å². The van der Waals surface area contributed by atoms with Gasteiger partial charge >= 0.3 is 0 Å². The van der Waals surface area contributed by atoms with Gasteiger partial charge in [-0.2, -0.15) is 0 Å². The number of thioether (sulfide) groups is 1. The Morgan fingerprint density at radius 1 is 1.16 bits per heavy atom. The van der Waals surface area contributed by atoms with Crippen molar-refractivity contribution in [2.45, 2.75) is 43.4 Å². The molecule has 0 aliphatic carbocycles. The summed E-state index contributed by atoms with van der Waals surface area (Å²) >= 11 is 14.6. The topological polar surface area (TPSA) is 74.7 Å². The number of ether oxygens (including phenoxy) is 1. The predicted molar refractivity (Wildman–Crippen MR) is 151 cm³/mol. The van der Waals surface area contributed by atoms with Crippen LogP contribution in [-0.2, 0) is 11.2 Å². The van der Waals surface area contributed by atoms with E-state index in [1.165, 1.54) is 0 Å². The van der Waals surface area contributed by atoms with Crippen molar-refractivity contribution in [3.63, 3.8) is 0 Å². The number of carbonyl (C=O) groups excluding carboxylic acids is 1. The van der Waals surface area contributed by atoms with Gasteiger partial charge in [0.25, 0.3) is 0 Å². The minimum absolute atomic E-state index is 0.284. The van der Waals surface area contributed by atoms with Crippen LogP contribution in [-0.4, -0.2) is 53.5 Å². The maximum Gasteiger partial charge on any atom is 0.249 e. The van der Waals surface area contributed by atoms with Crippen LogP contribution in [0.4, 0.5) is 0 Å². The molecule has 2 aromatic carbocycles. The minimum atomic E-state index is -0.579. The van der Waals surface area contributed by atoms with Gasteiger partial charge in [-0.3, -0.25) is 15.0 Å². The number of hydrogen-bond acceptors (Lipinski definition) is 6. The van der Waals surface area contributed by atoms with Gasteiger partial charge in [0.1, 0.15) is 5.75 Å². The van der Waals surface area contributed by atoms with E-state index in [1.807, 2.05) is 47.9 Å². The maximum atomic E-state index is 12.8. The summed E-state index contributed by atoms with van der Waals surface area (Å²) in [6, 6.07) is 13.7. The summed E-state index contributed by atoms with van der Waals surface area (Å²) in [6.07, 6.45) is 6.34. The quantitative estimate of drug-likeness (QED) is 0.118. The number of pyridine rings is 1. The number of fused-ring (bicyclic) bond motifs is 1. The molecule has 1 amide bonds. The minimum Gasteiger partial charge on any atom is -0.497 e. The van der Waals surface area contributed by atoms with Crippen molar-refractivity contribution in [2.75, 3.05) is 32.5 Å². The van der Waals surface area contributed by atoms with Gasteiger partial charge in [0.15, 0.2) is 0 Å². The number of piperidine rings is 1. The molecule has 1 aliphatic heterocycles. The average Bonchev–Trinajstić information content (AvgIpc) is 2.93. The third-order valence-corrected chi connectivity index (χ3v) is 9.25. The first-order valence-corrected chi connectivity index (χ1v) is 14.4. The second-order valence-corrected chi connectivity index (χ2v) is 11.5. The van der Waals surface area contributed by atoms with E-state index in [0.717, 1.165) is 83.2 Å². The zero-order valence-electron chi connectivity index (χ0n) is 21.0. The van der Waals surface area contributed by atoms with E-state index in [0.29, 0.717) is 17.9 Å². The number of aromatic nitrogens is 1. The predicted octanol–water partition coefficient (Wildman–Crippen LogP) is 6.64. The lowest BCUT2D eigenvalue weighted by Gasteiger charge is -2.40. The summed E-state index contributed by atoms with van der Waals surface area (Å²) in [6.45, 7) is 2.65. The van der Waals surface area contributed by atoms with Crippen molar-refractivity contribution in [1.29, 1.82) is 0 Å². The van der Waals surface area contributed by atoms with Crippen LogP contribution in [0.2, 0.25) is 10.0 Å². The highest BCUT2D eigenvalue weighted by molar-refractivity contribution is 7.99. The lowest BCUT2D eigenvalue weighted by atomic mass is 9.73. The number of aryl methyl sites for hydroxylation is 1. The van der Waals surface area contributed by atoms with Gasteiger partial charge in [0, 0.05) is 16.5 Å². The Morgan fingerprint density at radius 3 is 2.68 bits per heavy atom. The van der Waals surface area contributed by atoms with Crippen molar-refractivity contribution in [3.05, 3.63) is 64.3 Å². The number of likely N-dealkylation sites (tertiary alicyclic amines) is 1. The molecule has 0 unspecified atom stereocenters. The SMILES string of the molecule is COc1ccc2ncc(Cl)c(CCCC3(C(=O)NO)CCN(CCCSc4ccccc4Cl)CC3)c2c1. The van der Waals surface area contributed by atoms with E-state index >= 15 is 0 Å². The number of hydroxylamine groups is 1. The summed E-state index contributed by atoms with van der Waals surface area (Å²) in [5, 5.41) is 11.9. The van der Waals surface area contributed by atoms with E-state index in [4.69, 9.17) is 27.9 Å². The van der Waals surface area contributed by atoms with Crippen molar-refractivity contribution >= 4 is 51.8 Å². The third kappa shape index (κ3) is 6.89. The normalized spacial score (nSPS) is 15.6. The standard InChI is InChI=1S/C28H33Cl2N3O3S/c1-36-20-9-10-25-22(18-20)21(24(30)19-31-25)6-4-11-28(27(34)32-35)12-15-33(16-13-28)14-5-17-37-26-8-3-2-7-23(26)29/h2-3,7-10,18-19,35H,4-6,11-17H2,1H3,(H,32,34). The lowest BCUT2D eigenvalue weighted by Crippen LogP contribution is -2.48. The molecule has 3 aromatic rings. The number of methoxy groups -OCH3 is 1. The van der Waals surface area contributed by atoms with Crippen LogP contribution in [0.15, 0.2) is 53.6 Å². The molecule has 1 fully saturated rings. The van der Waals surface area contributed by atoms with Crippen molar-refractivity contribution in [1.82, 2.24) is 15.4 Å². The number of halogens is 2. The fourth-order valence-electron chi connectivity index (χ4n) is 5.13. The molecule has 2 heterocycles. The van der Waals surface area contributed by atoms with Crippen LogP contribution < -0.4 is 10.2 Å². The van der Waals surface area contributed by atoms with Crippen molar-refractivity contribution in [3.8, 4) is 5.75 Å². The van der Waals surface area contributed by atoms with Gasteiger partial charge in [-0.1, -0.05) is 35.3 Å². The fraction of sp³-hybridized carbons (Fsp3) is 0.429. The van der Waals surface area contributed by atoms with Gasteiger partial charge in [-0.15, -0.1) is 11.8 Å². The van der Waals surface area contributed by atoms with Gasteiger partial charge in [0.2, 0.25) is 5.91 Å². The average molecular weight is 563 g/mol. The number of benzene rings is 2. The molecular weight excluding hydrogens is 529 g/mol. The van der Waals surface area contributed by atoms with Crippen LogP contribution >= 0.6 is 35.0 Å². The highest BCUT2D eigenvalue weighted by atomic mass is 35.5. The molecule has 37 heavy (non-hydrogen) atoms. The Bertz CT molecular complexity index is 1220. The lowest BCUT2D eigenvalue weighted by molar-refractivity contribution is -0.143. The fourth-order valence-corrected chi connectivity index (χ4v) is 6.55. The second kappa shape index (κ2) is 13.2. The molecule has 0 bridgehead atoms. The largest absolute Gasteiger partial charge is 0.497 e. The smallest absolute Gasteiger partial charge is 0.249 e. The Kier molecular flexibility index (Phi) is 9.96. The highest BCUT2D eigenvalue weighted by Gasteiger charge is 2.40. The summed E-state index contributed by atoms with van der Waals surface area (Å²) in [5.41, 5.74) is 3.24. The number of carbonyl (C=O) groups is 1. The van der Waals surface area contributed by atoms with E-state index in [-0.39, 0.29) is 5.91 Å². The maximum absolute atomic E-state index is 12.8. The molecular formula is C28H33Cl2N3O3S. The number of amides is 1. The number of hydrogen-bond donors (Lipinski definition) is 2. The summed E-state index contributed by atoms with van der Waals surface area (Å²) in [4.78, 5) is 20.8. The first kappa shape index (κ1) is 28.0. The molecule has 2 N–H and O–H groups in total. The molecule has 0 spiro atoms. The molecule has 4 rings (SSSR count). The molecule has 1 aromatic heterocycles. The van der Waals surface area contributed by atoms with Crippen LogP contribution in [0.1, 0.15) is 37.7 Å². The third-order valence-electron chi connectivity index (χ3n) is 7.33. The molecule has 198 valence electrons. The van der Waals surface area contributed by atoms with E-state index in [9.17, 15) is 10.0 Å². The van der Waals surface area contributed by atoms with Crippen LogP contribution in [0.5, 0.6) is 5.75 Å². The number of nitrogens with zero attached hydrogens (tertiary/aromatic N) is 2. The molecule has 0 saturated carbocycles. The molecule has 6 nitrogen and oxygen atoms in total. The first-order chi connectivity index (χ1) is 18.0. The molecule has 1 aliphatic rings. The number of nitrogens with one attached hydrogen (secondary N) is 1. The zero-order chi connectivity index (χ0) is 26.3. The van der Waals surface area contributed by atoms with Gasteiger partial charge in [0.05, 0.1) is 28.1 Å². The Morgan fingerprint density at radius 2 is 1.95 bits per heavy atom. The zero-order valence-corrected chi connectivity index (χ0v) is 23.3. The van der Waals surface area contributed by atoms with E-state index in [2.05, 4.69) is 9.88 Å².